The number of ketones is 1. The molecule has 24 heavy (non-hydrogen) atoms. The van der Waals surface area contributed by atoms with Crippen LogP contribution in [0, 0.1) is 0 Å². The van der Waals surface area contributed by atoms with Gasteiger partial charge >= 0.3 is 0 Å². The van der Waals surface area contributed by atoms with Gasteiger partial charge in [-0.05, 0) is 23.5 Å². The van der Waals surface area contributed by atoms with Crippen LogP contribution in [-0.4, -0.2) is 33.8 Å². The van der Waals surface area contributed by atoms with E-state index >= 15 is 0 Å². The van der Waals surface area contributed by atoms with Gasteiger partial charge in [0.15, 0.2) is 5.78 Å². The van der Waals surface area contributed by atoms with Crippen LogP contribution < -0.4 is 0 Å². The lowest BCUT2D eigenvalue weighted by molar-refractivity contribution is -0.121. The lowest BCUT2D eigenvalue weighted by Gasteiger charge is -2.40. The first-order valence-electron chi connectivity index (χ1n) is 7.55. The summed E-state index contributed by atoms with van der Waals surface area (Å²) >= 11 is 6.89. The van der Waals surface area contributed by atoms with Crippen molar-refractivity contribution in [1.29, 1.82) is 0 Å². The Morgan fingerprint density at radius 3 is 2.83 bits per heavy atom. The van der Waals surface area contributed by atoms with Crippen molar-refractivity contribution in [2.45, 2.75) is 24.8 Å². The zero-order valence-corrected chi connectivity index (χ0v) is 17.2. The van der Waals surface area contributed by atoms with E-state index in [1.54, 1.807) is 4.90 Å². The maximum absolute atomic E-state index is 12.9. The molecule has 1 aromatic rings. The molecule has 0 spiro atoms. The van der Waals surface area contributed by atoms with Crippen molar-refractivity contribution >= 4 is 59.9 Å². The largest absolute Gasteiger partial charge is 0.312 e. The van der Waals surface area contributed by atoms with Crippen LogP contribution in [0.3, 0.4) is 0 Å². The van der Waals surface area contributed by atoms with Crippen molar-refractivity contribution in [2.75, 3.05) is 5.33 Å². The number of rotatable bonds is 3. The normalized spacial score (nSPS) is 28.0. The number of benzene rings is 1. The van der Waals surface area contributed by atoms with Crippen LogP contribution in [0.1, 0.15) is 34.6 Å². The van der Waals surface area contributed by atoms with E-state index in [1.807, 2.05) is 43.3 Å². The number of hydrogen-bond acceptors (Lipinski definition) is 2. The summed E-state index contributed by atoms with van der Waals surface area (Å²) in [5.41, 5.74) is 1.67. The van der Waals surface area contributed by atoms with Crippen LogP contribution in [0.5, 0.6) is 0 Å². The van der Waals surface area contributed by atoms with Crippen LogP contribution >= 0.6 is 42.3 Å². The van der Waals surface area contributed by atoms with Gasteiger partial charge in [0.2, 0.25) is 0 Å². The van der Waals surface area contributed by atoms with Gasteiger partial charge in [-0.25, -0.2) is 0 Å². The molecule has 0 saturated carbocycles. The number of carbonyl (C=O) groups excluding carboxylic acids is 2. The van der Waals surface area contributed by atoms with Gasteiger partial charge in [0.05, 0.1) is 11.4 Å². The van der Waals surface area contributed by atoms with E-state index < -0.39 is 16.5 Å². The Kier molecular flexibility index (Phi) is 5.27. The number of Topliss-reactive ketones (excluding diaryl/α,β-unsaturated/α-hetero) is 1. The molecule has 2 aliphatic heterocycles. The van der Waals surface area contributed by atoms with Gasteiger partial charge in [-0.2, -0.15) is 0 Å². The summed E-state index contributed by atoms with van der Waals surface area (Å²) in [4.78, 5) is 28.3. The Hall–Kier alpha value is -0.980. The van der Waals surface area contributed by atoms with Gasteiger partial charge < -0.3 is 4.90 Å². The summed E-state index contributed by atoms with van der Waals surface area (Å²) in [6.07, 6.45) is 4.46. The highest BCUT2D eigenvalue weighted by atomic mass is 79.9. The maximum atomic E-state index is 12.9. The Labute approximate surface area is 161 Å². The fourth-order valence-corrected chi connectivity index (χ4v) is 6.65. The van der Waals surface area contributed by atoms with Gasteiger partial charge in [0.1, 0.15) is 5.37 Å². The van der Waals surface area contributed by atoms with E-state index in [-0.39, 0.29) is 22.4 Å². The van der Waals surface area contributed by atoms with Crippen molar-refractivity contribution in [3.8, 4) is 0 Å². The average molecular weight is 471 g/mol. The monoisotopic (exact) mass is 469 g/mol. The van der Waals surface area contributed by atoms with Crippen LogP contribution in [-0.2, 0) is 4.79 Å². The van der Waals surface area contributed by atoms with E-state index in [4.69, 9.17) is 0 Å². The van der Waals surface area contributed by atoms with Gasteiger partial charge in [-0.3, -0.25) is 9.59 Å². The number of halogens is 2. The highest BCUT2D eigenvalue weighted by molar-refractivity contribution is 9.12. The predicted octanol–water partition coefficient (Wildman–Crippen LogP) is 4.76. The zero-order valence-electron chi connectivity index (χ0n) is 13.2. The van der Waals surface area contributed by atoms with E-state index in [2.05, 4.69) is 37.7 Å². The zero-order chi connectivity index (χ0) is 17.4. The topological polar surface area (TPSA) is 37.4 Å². The molecule has 0 aliphatic carbocycles. The van der Waals surface area contributed by atoms with Crippen molar-refractivity contribution in [2.24, 2.45) is 0 Å². The van der Waals surface area contributed by atoms with E-state index in [0.29, 0.717) is 12.0 Å². The number of alkyl halides is 1. The molecular formula is C18H17Br2NO2S. The fraction of sp³-hybridized carbons (Fsp3) is 0.278. The first kappa shape index (κ1) is 17.8. The summed E-state index contributed by atoms with van der Waals surface area (Å²) in [6.45, 7) is 1.95. The van der Waals surface area contributed by atoms with Crippen molar-refractivity contribution in [1.82, 2.24) is 4.90 Å². The molecule has 0 bridgehead atoms. The molecule has 2 heterocycles. The fourth-order valence-electron chi connectivity index (χ4n) is 3.23. The minimum Gasteiger partial charge on any atom is -0.312 e. The molecule has 126 valence electrons. The highest BCUT2D eigenvalue weighted by Gasteiger charge is 2.48. The first-order chi connectivity index (χ1) is 11.5. The molecular weight excluding hydrogens is 454 g/mol. The molecule has 2 aliphatic rings. The van der Waals surface area contributed by atoms with Crippen LogP contribution in [0.2, 0.25) is 0 Å². The van der Waals surface area contributed by atoms with Crippen LogP contribution in [0.25, 0.3) is 0 Å². The smallest absolute Gasteiger partial charge is 0.256 e. The van der Waals surface area contributed by atoms with E-state index in [1.165, 1.54) is 0 Å². The molecule has 1 fully saturated rings. The molecule has 1 saturated heterocycles. The summed E-state index contributed by atoms with van der Waals surface area (Å²) in [5, 5.41) is 0.0764. The number of hydrogen-bond donors (Lipinski definition) is 0. The van der Waals surface area contributed by atoms with Crippen molar-refractivity contribution in [3.05, 3.63) is 56.9 Å². The standard InChI is InChI=1S/C18H17Br2NO2S/c1-3-6-13(20)16-9-14(15(22)10-19)21-17(23)11-7-4-5-8-12(11)18(21)24(16)2/h3-8,14,18H,2,9-10H2,1H3/b6-3-,16-13+. The molecule has 6 heteroatoms. The molecule has 0 aromatic heterocycles. The molecule has 0 N–H and O–H groups in total. The lowest BCUT2D eigenvalue weighted by Crippen LogP contribution is -2.46. The van der Waals surface area contributed by atoms with E-state index in [9.17, 15) is 9.59 Å². The number of allylic oxidation sites excluding steroid dienone is 3. The lowest BCUT2D eigenvalue weighted by atomic mass is 10.1. The quantitative estimate of drug-likeness (QED) is 0.471. The second-order valence-corrected chi connectivity index (χ2v) is 8.88. The summed E-state index contributed by atoms with van der Waals surface area (Å²) < 4.78 is 0.965. The summed E-state index contributed by atoms with van der Waals surface area (Å²) in [6, 6.07) is 7.17. The maximum Gasteiger partial charge on any atom is 0.256 e. The number of fused-ring (bicyclic) bond motifs is 3. The molecule has 3 unspecified atom stereocenters. The number of carbonyl (C=O) groups is 2. The molecule has 3 atom stereocenters. The van der Waals surface area contributed by atoms with E-state index in [0.717, 1.165) is 15.0 Å². The Bertz CT molecular complexity index is 800. The Morgan fingerprint density at radius 1 is 1.46 bits per heavy atom. The Morgan fingerprint density at radius 2 is 2.17 bits per heavy atom. The second-order valence-electron chi connectivity index (χ2n) is 5.67. The minimum absolute atomic E-state index is 0.0242. The van der Waals surface area contributed by atoms with Gasteiger partial charge in [0, 0.05) is 16.5 Å². The van der Waals surface area contributed by atoms with Crippen molar-refractivity contribution in [3.63, 3.8) is 0 Å². The third kappa shape index (κ3) is 2.78. The third-order valence-electron chi connectivity index (χ3n) is 4.33. The van der Waals surface area contributed by atoms with Crippen LogP contribution in [0.15, 0.2) is 45.8 Å². The second kappa shape index (κ2) is 7.10. The SMILES string of the molecule is C=S1/C(=C(Br)\C=C/C)CC(C(=O)CBr)N2C(=O)c3ccccc3C21. The molecule has 3 nitrogen and oxygen atoms in total. The predicted molar refractivity (Wildman–Crippen MR) is 108 cm³/mol. The van der Waals surface area contributed by atoms with Gasteiger partial charge in [-0.15, -0.1) is 10.5 Å². The van der Waals surface area contributed by atoms with Crippen molar-refractivity contribution < 1.29 is 9.59 Å². The highest BCUT2D eigenvalue weighted by Crippen LogP contribution is 2.56. The third-order valence-corrected chi connectivity index (χ3v) is 7.93. The molecule has 0 radical (unpaired) electrons. The summed E-state index contributed by atoms with van der Waals surface area (Å²) in [7, 11) is -0.417. The number of nitrogens with zero attached hydrogens (tertiary/aromatic N) is 1. The van der Waals surface area contributed by atoms with Crippen LogP contribution in [0.4, 0.5) is 0 Å². The minimum atomic E-state index is -0.451. The first-order valence-corrected chi connectivity index (χ1v) is 10.9. The molecule has 1 aromatic carbocycles. The van der Waals surface area contributed by atoms with Gasteiger partial charge in [-0.1, -0.05) is 68.1 Å². The summed E-state index contributed by atoms with van der Waals surface area (Å²) in [5.74, 6) is 4.33. The Balaban J connectivity index is 2.18. The number of amides is 1. The van der Waals surface area contributed by atoms with Gasteiger partial charge in [0.25, 0.3) is 5.91 Å². The average Bonchev–Trinajstić information content (AvgIpc) is 2.89. The molecule has 3 rings (SSSR count). The molecule has 1 amide bonds.